The molecule has 0 bridgehead atoms. The van der Waals surface area contributed by atoms with Crippen LogP contribution < -0.4 is 0 Å². The topological polar surface area (TPSA) is 74.7 Å². The standard InChI is InChI=1S/C14H19NO4S2/c1-10-11(14(16)17)6-5-9-15(10)21(18,19)13-8-4-3-7-12(13)20-2/h3-4,7-8,10-11H,5-6,9H2,1-2H3,(H,16,17)/t10-,11-/m0/s1. The van der Waals surface area contributed by atoms with Gasteiger partial charge in [0.15, 0.2) is 0 Å². The highest BCUT2D eigenvalue weighted by Crippen LogP contribution is 2.32. The van der Waals surface area contributed by atoms with Crippen molar-refractivity contribution in [2.45, 2.75) is 35.6 Å². The summed E-state index contributed by atoms with van der Waals surface area (Å²) in [5.74, 6) is -1.57. The third-order valence-electron chi connectivity index (χ3n) is 3.90. The van der Waals surface area contributed by atoms with Crippen LogP contribution in [0.15, 0.2) is 34.1 Å². The number of nitrogens with zero attached hydrogens (tertiary/aromatic N) is 1. The van der Waals surface area contributed by atoms with Crippen molar-refractivity contribution in [1.29, 1.82) is 0 Å². The van der Waals surface area contributed by atoms with E-state index < -0.39 is 28.0 Å². The molecule has 1 N–H and O–H groups in total. The Morgan fingerprint density at radius 1 is 1.38 bits per heavy atom. The third-order valence-corrected chi connectivity index (χ3v) is 6.87. The molecule has 0 radical (unpaired) electrons. The fraction of sp³-hybridized carbons (Fsp3) is 0.500. The molecule has 0 spiro atoms. The average molecular weight is 329 g/mol. The molecular weight excluding hydrogens is 310 g/mol. The molecule has 7 heteroatoms. The van der Waals surface area contributed by atoms with Crippen LogP contribution in [0.3, 0.4) is 0 Å². The minimum absolute atomic E-state index is 0.260. The Morgan fingerprint density at radius 2 is 2.05 bits per heavy atom. The molecule has 116 valence electrons. The lowest BCUT2D eigenvalue weighted by atomic mass is 9.92. The highest BCUT2D eigenvalue weighted by molar-refractivity contribution is 7.99. The molecule has 0 saturated carbocycles. The number of hydrogen-bond acceptors (Lipinski definition) is 4. The molecule has 1 fully saturated rings. The highest BCUT2D eigenvalue weighted by Gasteiger charge is 2.40. The number of hydrogen-bond donors (Lipinski definition) is 1. The van der Waals surface area contributed by atoms with Crippen molar-refractivity contribution >= 4 is 27.8 Å². The third kappa shape index (κ3) is 3.09. The predicted octanol–water partition coefficient (Wildman–Crippen LogP) is 2.28. The molecule has 1 aliphatic heterocycles. The SMILES string of the molecule is CSc1ccccc1S(=O)(=O)N1CCC[C@H](C(=O)O)[C@@H]1C. The normalized spacial score (nSPS) is 23.9. The van der Waals surface area contributed by atoms with Gasteiger partial charge in [-0.05, 0) is 38.2 Å². The van der Waals surface area contributed by atoms with Crippen molar-refractivity contribution in [3.05, 3.63) is 24.3 Å². The summed E-state index contributed by atoms with van der Waals surface area (Å²) < 4.78 is 27.1. The van der Waals surface area contributed by atoms with Crippen LogP contribution in [0.1, 0.15) is 19.8 Å². The maximum atomic E-state index is 12.9. The Morgan fingerprint density at radius 3 is 2.67 bits per heavy atom. The van der Waals surface area contributed by atoms with Crippen LogP contribution in [-0.4, -0.2) is 42.6 Å². The van der Waals surface area contributed by atoms with Crippen LogP contribution >= 0.6 is 11.8 Å². The van der Waals surface area contributed by atoms with Gasteiger partial charge in [0.05, 0.1) is 10.8 Å². The van der Waals surface area contributed by atoms with Gasteiger partial charge in [0.25, 0.3) is 0 Å². The molecule has 1 aliphatic rings. The fourth-order valence-electron chi connectivity index (χ4n) is 2.74. The smallest absolute Gasteiger partial charge is 0.308 e. The number of aliphatic carboxylic acids is 1. The molecule has 1 aromatic rings. The van der Waals surface area contributed by atoms with E-state index >= 15 is 0 Å². The summed E-state index contributed by atoms with van der Waals surface area (Å²) in [6.45, 7) is 2.05. The zero-order valence-electron chi connectivity index (χ0n) is 12.0. The first-order valence-electron chi connectivity index (χ1n) is 6.77. The van der Waals surface area contributed by atoms with E-state index in [0.29, 0.717) is 24.3 Å². The molecule has 1 heterocycles. The van der Waals surface area contributed by atoms with E-state index in [0.717, 1.165) is 0 Å². The van der Waals surface area contributed by atoms with E-state index in [-0.39, 0.29) is 4.90 Å². The highest BCUT2D eigenvalue weighted by atomic mass is 32.2. The van der Waals surface area contributed by atoms with E-state index in [1.165, 1.54) is 16.1 Å². The quantitative estimate of drug-likeness (QED) is 0.858. The lowest BCUT2D eigenvalue weighted by Crippen LogP contribution is -2.49. The minimum atomic E-state index is -3.67. The summed E-state index contributed by atoms with van der Waals surface area (Å²) >= 11 is 1.37. The van der Waals surface area contributed by atoms with Gasteiger partial charge in [-0.1, -0.05) is 12.1 Å². The summed E-state index contributed by atoms with van der Waals surface area (Å²) in [5.41, 5.74) is 0. The number of carbonyl (C=O) groups is 1. The van der Waals surface area contributed by atoms with Gasteiger partial charge in [0.2, 0.25) is 10.0 Å². The fourth-order valence-corrected chi connectivity index (χ4v) is 5.57. The van der Waals surface area contributed by atoms with Gasteiger partial charge < -0.3 is 5.11 Å². The zero-order chi connectivity index (χ0) is 15.6. The average Bonchev–Trinajstić information content (AvgIpc) is 2.46. The second-order valence-corrected chi connectivity index (χ2v) is 7.80. The number of sulfonamides is 1. The van der Waals surface area contributed by atoms with Crippen LogP contribution in [0, 0.1) is 5.92 Å². The molecule has 21 heavy (non-hydrogen) atoms. The van der Waals surface area contributed by atoms with Gasteiger partial charge in [-0.15, -0.1) is 11.8 Å². The largest absolute Gasteiger partial charge is 0.481 e. The number of thioether (sulfide) groups is 1. The van der Waals surface area contributed by atoms with Crippen LogP contribution in [-0.2, 0) is 14.8 Å². The minimum Gasteiger partial charge on any atom is -0.481 e. The summed E-state index contributed by atoms with van der Waals surface area (Å²) in [6.07, 6.45) is 2.92. The Bertz CT molecular complexity index is 630. The molecule has 5 nitrogen and oxygen atoms in total. The van der Waals surface area contributed by atoms with Gasteiger partial charge in [-0.25, -0.2) is 8.42 Å². The molecule has 2 atom stereocenters. The lowest BCUT2D eigenvalue weighted by molar-refractivity contribution is -0.144. The van der Waals surface area contributed by atoms with Crippen LogP contribution in [0.4, 0.5) is 0 Å². The molecule has 2 rings (SSSR count). The Labute approximate surface area is 129 Å². The predicted molar refractivity (Wildman–Crippen MR) is 81.9 cm³/mol. The van der Waals surface area contributed by atoms with E-state index in [1.54, 1.807) is 31.2 Å². The molecule has 0 amide bonds. The molecule has 1 saturated heterocycles. The van der Waals surface area contributed by atoms with Crippen molar-refractivity contribution in [3.63, 3.8) is 0 Å². The van der Waals surface area contributed by atoms with Crippen molar-refractivity contribution in [2.75, 3.05) is 12.8 Å². The second kappa shape index (κ2) is 6.37. The lowest BCUT2D eigenvalue weighted by Gasteiger charge is -2.36. The summed E-state index contributed by atoms with van der Waals surface area (Å²) in [6, 6.07) is 6.30. The van der Waals surface area contributed by atoms with Crippen LogP contribution in [0.2, 0.25) is 0 Å². The van der Waals surface area contributed by atoms with Crippen molar-refractivity contribution in [1.82, 2.24) is 4.31 Å². The number of carboxylic acid groups (broad SMARTS) is 1. The molecular formula is C14H19NO4S2. The first-order chi connectivity index (χ1) is 9.89. The van der Waals surface area contributed by atoms with Gasteiger partial charge in [0, 0.05) is 17.5 Å². The zero-order valence-corrected chi connectivity index (χ0v) is 13.7. The van der Waals surface area contributed by atoms with E-state index in [4.69, 9.17) is 0 Å². The van der Waals surface area contributed by atoms with Crippen LogP contribution in [0.25, 0.3) is 0 Å². The Hall–Kier alpha value is -1.05. The summed E-state index contributed by atoms with van der Waals surface area (Å²) in [5, 5.41) is 9.24. The molecule has 0 aliphatic carbocycles. The summed E-state index contributed by atoms with van der Waals surface area (Å²) in [7, 11) is -3.67. The monoisotopic (exact) mass is 329 g/mol. The number of rotatable bonds is 4. The van der Waals surface area contributed by atoms with E-state index in [1.807, 2.05) is 6.26 Å². The molecule has 1 aromatic carbocycles. The summed E-state index contributed by atoms with van der Waals surface area (Å²) in [4.78, 5) is 12.2. The first kappa shape index (κ1) is 16.3. The number of benzene rings is 1. The van der Waals surface area contributed by atoms with E-state index in [2.05, 4.69) is 0 Å². The number of carboxylic acids is 1. The Balaban J connectivity index is 2.41. The maximum absolute atomic E-state index is 12.9. The van der Waals surface area contributed by atoms with Crippen LogP contribution in [0.5, 0.6) is 0 Å². The molecule has 0 aromatic heterocycles. The second-order valence-electron chi connectivity index (χ2n) is 5.09. The van der Waals surface area contributed by atoms with Crippen molar-refractivity contribution in [2.24, 2.45) is 5.92 Å². The molecule has 0 unspecified atom stereocenters. The van der Waals surface area contributed by atoms with Crippen molar-refractivity contribution in [3.8, 4) is 0 Å². The van der Waals surface area contributed by atoms with Gasteiger partial charge in [0.1, 0.15) is 0 Å². The number of piperidine rings is 1. The Kier molecular flexibility index (Phi) is 4.95. The van der Waals surface area contributed by atoms with Gasteiger partial charge >= 0.3 is 5.97 Å². The van der Waals surface area contributed by atoms with Gasteiger partial charge in [-0.3, -0.25) is 4.79 Å². The van der Waals surface area contributed by atoms with Crippen molar-refractivity contribution < 1.29 is 18.3 Å². The first-order valence-corrected chi connectivity index (χ1v) is 9.43. The van der Waals surface area contributed by atoms with E-state index in [9.17, 15) is 18.3 Å². The van der Waals surface area contributed by atoms with Gasteiger partial charge in [-0.2, -0.15) is 4.31 Å². The maximum Gasteiger partial charge on any atom is 0.308 e.